The normalized spacial score (nSPS) is 20.8. The van der Waals surface area contributed by atoms with Crippen molar-refractivity contribution < 1.29 is 33.3 Å². The Labute approximate surface area is 199 Å². The number of nitrogens with zero attached hydrogens (tertiary/aromatic N) is 1. The van der Waals surface area contributed by atoms with Gasteiger partial charge in [-0.2, -0.15) is 0 Å². The number of carbonyl (C=O) groups excluding carboxylic acids is 3. The Morgan fingerprint density at radius 2 is 1.82 bits per heavy atom. The molecule has 3 rings (SSSR count). The molecule has 10 nitrogen and oxygen atoms in total. The van der Waals surface area contributed by atoms with Gasteiger partial charge in [-0.1, -0.05) is 6.07 Å². The molecule has 0 saturated carbocycles. The van der Waals surface area contributed by atoms with Crippen LogP contribution in [0.15, 0.2) is 29.5 Å². The number of hydrogen-bond donors (Lipinski definition) is 2. The number of amides is 2. The quantitative estimate of drug-likeness (QED) is 0.522. The monoisotopic (exact) mass is 475 g/mol. The summed E-state index contributed by atoms with van der Waals surface area (Å²) < 4.78 is 21.2. The average Bonchev–Trinajstić information content (AvgIpc) is 2.83. The number of ether oxygens (including phenoxy) is 4. The third-order valence-corrected chi connectivity index (χ3v) is 5.90. The summed E-state index contributed by atoms with van der Waals surface area (Å²) in [6.45, 7) is 5.56. The predicted octanol–water partition coefficient (Wildman–Crippen LogP) is 2.15. The molecule has 1 aromatic rings. The first-order valence-electron chi connectivity index (χ1n) is 11.5. The summed E-state index contributed by atoms with van der Waals surface area (Å²) in [5.74, 6) is 0.0325. The van der Waals surface area contributed by atoms with Gasteiger partial charge in [0.05, 0.1) is 45.0 Å². The molecule has 0 spiro atoms. The molecule has 186 valence electrons. The van der Waals surface area contributed by atoms with Crippen molar-refractivity contribution >= 4 is 18.0 Å². The standard InChI is InChI=1S/C24H33N3O7/c1-5-33-22(28)16-8-7-11-27(13-16)14-17-20(23(29)34-6-2)21(26-24(30)25-17)15-9-10-18(31-3)19(12-15)32-4/h9-10,12,16,21H,5-8,11,13-14H2,1-4H3,(H2,25,26,30)/t16-,21-/m0/s1. The van der Waals surface area contributed by atoms with Gasteiger partial charge in [-0.25, -0.2) is 9.59 Å². The second kappa shape index (κ2) is 11.7. The fraction of sp³-hybridized carbons (Fsp3) is 0.542. The lowest BCUT2D eigenvalue weighted by Gasteiger charge is -2.35. The number of nitrogens with one attached hydrogen (secondary N) is 2. The van der Waals surface area contributed by atoms with E-state index in [-0.39, 0.29) is 18.5 Å². The largest absolute Gasteiger partial charge is 0.493 e. The van der Waals surface area contributed by atoms with E-state index in [1.165, 1.54) is 14.2 Å². The molecule has 0 bridgehead atoms. The van der Waals surface area contributed by atoms with E-state index in [0.717, 1.165) is 19.4 Å². The van der Waals surface area contributed by atoms with Crippen molar-refractivity contribution in [2.24, 2.45) is 5.92 Å². The van der Waals surface area contributed by atoms with Gasteiger partial charge in [-0.05, 0) is 50.9 Å². The molecule has 0 radical (unpaired) electrons. The zero-order valence-electron chi connectivity index (χ0n) is 20.1. The van der Waals surface area contributed by atoms with Crippen molar-refractivity contribution in [2.75, 3.05) is 47.1 Å². The molecule has 0 aliphatic carbocycles. The molecule has 2 amide bonds. The molecule has 1 aromatic carbocycles. The second-order valence-corrected chi connectivity index (χ2v) is 8.08. The maximum Gasteiger partial charge on any atom is 0.338 e. The SMILES string of the molecule is CCOC(=O)C1=C(CN2CCC[C@H](C(=O)OCC)C2)NC(=O)N[C@H]1c1ccc(OC)c(OC)c1. The van der Waals surface area contributed by atoms with E-state index in [9.17, 15) is 14.4 Å². The summed E-state index contributed by atoms with van der Waals surface area (Å²) in [6.07, 6.45) is 1.57. The fourth-order valence-corrected chi connectivity index (χ4v) is 4.35. The van der Waals surface area contributed by atoms with Gasteiger partial charge in [-0.15, -0.1) is 0 Å². The molecule has 34 heavy (non-hydrogen) atoms. The van der Waals surface area contributed by atoms with Gasteiger partial charge in [0.1, 0.15) is 0 Å². The molecule has 0 aromatic heterocycles. The molecular formula is C24H33N3O7. The molecule has 10 heteroatoms. The third kappa shape index (κ3) is 5.80. The number of carbonyl (C=O) groups is 3. The Morgan fingerprint density at radius 3 is 2.50 bits per heavy atom. The first-order chi connectivity index (χ1) is 16.4. The summed E-state index contributed by atoms with van der Waals surface area (Å²) in [5.41, 5.74) is 1.41. The Bertz CT molecular complexity index is 946. The number of esters is 2. The minimum atomic E-state index is -0.742. The van der Waals surface area contributed by atoms with Crippen LogP contribution in [0, 0.1) is 5.92 Å². The van der Waals surface area contributed by atoms with Gasteiger partial charge in [0.2, 0.25) is 0 Å². The summed E-state index contributed by atoms with van der Waals surface area (Å²) in [4.78, 5) is 40.0. The molecule has 2 aliphatic rings. The zero-order valence-corrected chi connectivity index (χ0v) is 20.1. The van der Waals surface area contributed by atoms with Crippen molar-refractivity contribution in [3.05, 3.63) is 35.0 Å². The molecule has 1 saturated heterocycles. The molecule has 2 aliphatic heterocycles. The third-order valence-electron chi connectivity index (χ3n) is 5.90. The minimum Gasteiger partial charge on any atom is -0.493 e. The van der Waals surface area contributed by atoms with Crippen LogP contribution in [-0.2, 0) is 19.1 Å². The van der Waals surface area contributed by atoms with Crippen LogP contribution in [0.1, 0.15) is 38.3 Å². The summed E-state index contributed by atoms with van der Waals surface area (Å²) in [6, 6.07) is 4.05. The Kier molecular flexibility index (Phi) is 8.75. The highest BCUT2D eigenvalue weighted by atomic mass is 16.5. The van der Waals surface area contributed by atoms with E-state index < -0.39 is 18.0 Å². The van der Waals surface area contributed by atoms with Crippen LogP contribution in [0.4, 0.5) is 4.79 Å². The van der Waals surface area contributed by atoms with Crippen LogP contribution >= 0.6 is 0 Å². The van der Waals surface area contributed by atoms with Crippen molar-refractivity contribution in [3.8, 4) is 11.5 Å². The minimum absolute atomic E-state index is 0.191. The van der Waals surface area contributed by atoms with E-state index in [2.05, 4.69) is 15.5 Å². The lowest BCUT2D eigenvalue weighted by Crippen LogP contribution is -2.50. The van der Waals surface area contributed by atoms with Crippen LogP contribution in [0.5, 0.6) is 11.5 Å². The van der Waals surface area contributed by atoms with E-state index >= 15 is 0 Å². The van der Waals surface area contributed by atoms with Crippen molar-refractivity contribution in [1.29, 1.82) is 0 Å². The second-order valence-electron chi connectivity index (χ2n) is 8.08. The highest BCUT2D eigenvalue weighted by Gasteiger charge is 2.36. The molecule has 0 unspecified atom stereocenters. The van der Waals surface area contributed by atoms with Crippen LogP contribution in [-0.4, -0.2) is 69.9 Å². The van der Waals surface area contributed by atoms with Crippen molar-refractivity contribution in [2.45, 2.75) is 32.7 Å². The van der Waals surface area contributed by atoms with Gasteiger partial charge >= 0.3 is 18.0 Å². The smallest absolute Gasteiger partial charge is 0.338 e. The molecular weight excluding hydrogens is 442 g/mol. The number of likely N-dealkylation sites (tertiary alicyclic amines) is 1. The number of piperidine rings is 1. The number of benzene rings is 1. The Balaban J connectivity index is 1.95. The summed E-state index contributed by atoms with van der Waals surface area (Å²) in [5, 5.41) is 5.61. The Hall–Kier alpha value is -3.27. The van der Waals surface area contributed by atoms with Crippen LogP contribution in [0.25, 0.3) is 0 Å². The fourth-order valence-electron chi connectivity index (χ4n) is 4.35. The highest BCUT2D eigenvalue weighted by Crippen LogP contribution is 2.35. The van der Waals surface area contributed by atoms with Crippen molar-refractivity contribution in [1.82, 2.24) is 15.5 Å². The maximum absolute atomic E-state index is 13.1. The average molecular weight is 476 g/mol. The van der Waals surface area contributed by atoms with Crippen LogP contribution < -0.4 is 20.1 Å². The Morgan fingerprint density at radius 1 is 1.09 bits per heavy atom. The number of hydrogen-bond acceptors (Lipinski definition) is 8. The summed E-state index contributed by atoms with van der Waals surface area (Å²) in [7, 11) is 3.06. The van der Waals surface area contributed by atoms with Gasteiger partial charge in [0.15, 0.2) is 11.5 Å². The lowest BCUT2D eigenvalue weighted by molar-refractivity contribution is -0.150. The van der Waals surface area contributed by atoms with Gasteiger partial charge in [0.25, 0.3) is 0 Å². The maximum atomic E-state index is 13.1. The first kappa shape index (κ1) is 25.4. The lowest BCUT2D eigenvalue weighted by atomic mass is 9.93. The van der Waals surface area contributed by atoms with Gasteiger partial charge in [0, 0.05) is 18.8 Å². The predicted molar refractivity (Wildman–Crippen MR) is 123 cm³/mol. The van der Waals surface area contributed by atoms with E-state index in [1.807, 2.05) is 0 Å². The van der Waals surface area contributed by atoms with E-state index in [4.69, 9.17) is 18.9 Å². The van der Waals surface area contributed by atoms with Gasteiger partial charge in [-0.3, -0.25) is 9.69 Å². The zero-order chi connectivity index (χ0) is 24.7. The number of methoxy groups -OCH3 is 2. The topological polar surface area (TPSA) is 115 Å². The molecule has 2 heterocycles. The van der Waals surface area contributed by atoms with Crippen molar-refractivity contribution in [3.63, 3.8) is 0 Å². The van der Waals surface area contributed by atoms with E-state index in [0.29, 0.717) is 48.0 Å². The van der Waals surface area contributed by atoms with Crippen LogP contribution in [0.3, 0.4) is 0 Å². The molecule has 2 atom stereocenters. The van der Waals surface area contributed by atoms with E-state index in [1.54, 1.807) is 32.0 Å². The molecule has 2 N–H and O–H groups in total. The molecule has 1 fully saturated rings. The van der Waals surface area contributed by atoms with Crippen LogP contribution in [0.2, 0.25) is 0 Å². The number of urea groups is 1. The first-order valence-corrected chi connectivity index (χ1v) is 11.5. The number of rotatable bonds is 9. The van der Waals surface area contributed by atoms with Gasteiger partial charge < -0.3 is 29.6 Å². The highest BCUT2D eigenvalue weighted by molar-refractivity contribution is 5.95. The summed E-state index contributed by atoms with van der Waals surface area (Å²) >= 11 is 0.